The van der Waals surface area contributed by atoms with Crippen molar-refractivity contribution >= 4 is 11.7 Å². The van der Waals surface area contributed by atoms with Crippen LogP contribution in [0.15, 0.2) is 0 Å². The molecule has 1 unspecified atom stereocenters. The number of aliphatic hydroxyl groups is 1. The zero-order chi connectivity index (χ0) is 10.3. The van der Waals surface area contributed by atoms with Crippen LogP contribution in [0, 0.1) is 0 Å². The van der Waals surface area contributed by atoms with Crippen molar-refractivity contribution in [3.05, 3.63) is 0 Å². The standard InChI is InChI=1S/C8H16N2O3/c1-6(12)3-4-7(9-2)8(13)10-5-11/h7,9,11H,3-5H2,1-2H3,(H,10,13). The van der Waals surface area contributed by atoms with E-state index >= 15 is 0 Å². The summed E-state index contributed by atoms with van der Waals surface area (Å²) in [6, 6.07) is -0.406. The average molecular weight is 188 g/mol. The number of Topliss-reactive ketones (excluding diaryl/α,β-unsaturated/α-hetero) is 1. The summed E-state index contributed by atoms with van der Waals surface area (Å²) in [7, 11) is 1.64. The van der Waals surface area contributed by atoms with Crippen molar-refractivity contribution in [2.24, 2.45) is 0 Å². The Labute approximate surface area is 77.5 Å². The van der Waals surface area contributed by atoms with Crippen molar-refractivity contribution < 1.29 is 14.7 Å². The number of aliphatic hydroxyl groups excluding tert-OH is 1. The van der Waals surface area contributed by atoms with Gasteiger partial charge in [0, 0.05) is 6.42 Å². The quantitative estimate of drug-likeness (QED) is 0.468. The Morgan fingerprint density at radius 2 is 2.08 bits per heavy atom. The molecule has 13 heavy (non-hydrogen) atoms. The second-order valence-electron chi connectivity index (χ2n) is 2.78. The fourth-order valence-corrected chi connectivity index (χ4v) is 0.955. The van der Waals surface area contributed by atoms with Gasteiger partial charge in [0.25, 0.3) is 0 Å². The third-order valence-electron chi connectivity index (χ3n) is 1.70. The molecule has 0 spiro atoms. The molecule has 0 bridgehead atoms. The number of hydrogen-bond donors (Lipinski definition) is 3. The van der Waals surface area contributed by atoms with E-state index in [1.165, 1.54) is 6.92 Å². The molecule has 3 N–H and O–H groups in total. The number of nitrogens with one attached hydrogen (secondary N) is 2. The van der Waals surface area contributed by atoms with Crippen molar-refractivity contribution in [2.45, 2.75) is 25.8 Å². The lowest BCUT2D eigenvalue weighted by Gasteiger charge is -2.13. The van der Waals surface area contributed by atoms with Gasteiger partial charge in [0.05, 0.1) is 6.04 Å². The van der Waals surface area contributed by atoms with Gasteiger partial charge in [-0.05, 0) is 20.4 Å². The molecule has 0 radical (unpaired) electrons. The van der Waals surface area contributed by atoms with Crippen molar-refractivity contribution in [3.8, 4) is 0 Å². The molecule has 0 aliphatic heterocycles. The van der Waals surface area contributed by atoms with Crippen LogP contribution in [-0.4, -0.2) is 36.6 Å². The molecule has 0 saturated heterocycles. The van der Waals surface area contributed by atoms with Gasteiger partial charge in [-0.25, -0.2) is 0 Å². The van der Waals surface area contributed by atoms with Gasteiger partial charge >= 0.3 is 0 Å². The van der Waals surface area contributed by atoms with Gasteiger partial charge in [0.2, 0.25) is 5.91 Å². The first-order valence-electron chi connectivity index (χ1n) is 4.17. The predicted molar refractivity (Wildman–Crippen MR) is 48.0 cm³/mol. The van der Waals surface area contributed by atoms with Gasteiger partial charge in [-0.2, -0.15) is 0 Å². The maximum Gasteiger partial charge on any atom is 0.238 e. The molecule has 1 amide bonds. The van der Waals surface area contributed by atoms with Gasteiger partial charge in [-0.1, -0.05) is 0 Å². The Bertz CT molecular complexity index is 182. The predicted octanol–water partition coefficient (Wildman–Crippen LogP) is -0.990. The van der Waals surface area contributed by atoms with Crippen molar-refractivity contribution in [1.82, 2.24) is 10.6 Å². The highest BCUT2D eigenvalue weighted by Crippen LogP contribution is 1.97. The topological polar surface area (TPSA) is 78.4 Å². The summed E-state index contributed by atoms with van der Waals surface area (Å²) < 4.78 is 0. The fourth-order valence-electron chi connectivity index (χ4n) is 0.955. The molecule has 0 aromatic heterocycles. The normalized spacial score (nSPS) is 12.2. The Balaban J connectivity index is 3.87. The summed E-state index contributed by atoms with van der Waals surface area (Å²) in [4.78, 5) is 21.8. The zero-order valence-electron chi connectivity index (χ0n) is 7.96. The van der Waals surface area contributed by atoms with Crippen molar-refractivity contribution in [1.29, 1.82) is 0 Å². The molecule has 0 aliphatic rings. The van der Waals surface area contributed by atoms with E-state index in [-0.39, 0.29) is 18.4 Å². The highest BCUT2D eigenvalue weighted by Gasteiger charge is 2.15. The SMILES string of the molecule is CNC(CCC(C)=O)C(=O)NCO. The molecule has 0 heterocycles. The maximum absolute atomic E-state index is 11.1. The molecule has 76 valence electrons. The van der Waals surface area contributed by atoms with Crippen LogP contribution in [0.2, 0.25) is 0 Å². The number of ketones is 1. The molecule has 5 heteroatoms. The van der Waals surface area contributed by atoms with Crippen LogP contribution in [0.25, 0.3) is 0 Å². The van der Waals surface area contributed by atoms with E-state index in [0.29, 0.717) is 12.8 Å². The van der Waals surface area contributed by atoms with Gasteiger partial charge in [-0.3, -0.25) is 4.79 Å². The zero-order valence-corrected chi connectivity index (χ0v) is 7.96. The van der Waals surface area contributed by atoms with E-state index in [4.69, 9.17) is 5.11 Å². The lowest BCUT2D eigenvalue weighted by Crippen LogP contribution is -2.43. The van der Waals surface area contributed by atoms with Gasteiger partial charge in [0.15, 0.2) is 0 Å². The minimum absolute atomic E-state index is 0.0528. The van der Waals surface area contributed by atoms with Crippen molar-refractivity contribution in [2.75, 3.05) is 13.8 Å². The maximum atomic E-state index is 11.1. The second kappa shape index (κ2) is 6.56. The molecule has 1 atom stereocenters. The fraction of sp³-hybridized carbons (Fsp3) is 0.750. The lowest BCUT2D eigenvalue weighted by atomic mass is 10.1. The van der Waals surface area contributed by atoms with E-state index in [9.17, 15) is 9.59 Å². The number of likely N-dealkylation sites (N-methyl/N-ethyl adjacent to an activating group) is 1. The van der Waals surface area contributed by atoms with Crippen LogP contribution < -0.4 is 10.6 Å². The molecule has 0 aliphatic carbocycles. The molecular weight excluding hydrogens is 172 g/mol. The second-order valence-corrected chi connectivity index (χ2v) is 2.78. The Hall–Kier alpha value is -0.940. The average Bonchev–Trinajstić information content (AvgIpc) is 2.05. The van der Waals surface area contributed by atoms with E-state index in [0.717, 1.165) is 0 Å². The van der Waals surface area contributed by atoms with Crippen LogP contribution in [-0.2, 0) is 9.59 Å². The largest absolute Gasteiger partial charge is 0.376 e. The van der Waals surface area contributed by atoms with Crippen LogP contribution in [0.5, 0.6) is 0 Å². The first kappa shape index (κ1) is 12.1. The van der Waals surface area contributed by atoms with E-state index in [1.54, 1.807) is 7.05 Å². The monoisotopic (exact) mass is 188 g/mol. The minimum Gasteiger partial charge on any atom is -0.376 e. The molecule has 0 saturated carbocycles. The first-order chi connectivity index (χ1) is 6.11. The Kier molecular flexibility index (Phi) is 6.09. The number of carbonyl (C=O) groups excluding carboxylic acids is 2. The first-order valence-corrected chi connectivity index (χ1v) is 4.17. The number of rotatable bonds is 6. The molecule has 0 rings (SSSR count). The van der Waals surface area contributed by atoms with E-state index in [2.05, 4.69) is 10.6 Å². The lowest BCUT2D eigenvalue weighted by molar-refractivity contribution is -0.124. The van der Waals surface area contributed by atoms with E-state index < -0.39 is 6.04 Å². The van der Waals surface area contributed by atoms with Crippen LogP contribution in [0.1, 0.15) is 19.8 Å². The molecule has 5 nitrogen and oxygen atoms in total. The van der Waals surface area contributed by atoms with Gasteiger partial charge in [0.1, 0.15) is 12.5 Å². The van der Waals surface area contributed by atoms with Gasteiger partial charge in [-0.15, -0.1) is 0 Å². The summed E-state index contributed by atoms with van der Waals surface area (Å²) in [6.07, 6.45) is 0.821. The van der Waals surface area contributed by atoms with Gasteiger partial charge < -0.3 is 20.5 Å². The summed E-state index contributed by atoms with van der Waals surface area (Å²) in [5.74, 6) is -0.233. The summed E-state index contributed by atoms with van der Waals surface area (Å²) in [5, 5.41) is 13.5. The minimum atomic E-state index is -0.406. The third-order valence-corrected chi connectivity index (χ3v) is 1.70. The highest BCUT2D eigenvalue weighted by molar-refractivity contribution is 5.82. The molecule has 0 aromatic rings. The Morgan fingerprint density at radius 3 is 2.46 bits per heavy atom. The number of carbonyl (C=O) groups is 2. The molecule has 0 fully saturated rings. The Morgan fingerprint density at radius 1 is 1.46 bits per heavy atom. The third kappa shape index (κ3) is 5.32. The summed E-state index contributed by atoms with van der Waals surface area (Å²) in [6.45, 7) is 1.10. The molecular formula is C8H16N2O3. The smallest absolute Gasteiger partial charge is 0.238 e. The number of hydrogen-bond acceptors (Lipinski definition) is 4. The summed E-state index contributed by atoms with van der Waals surface area (Å²) in [5.41, 5.74) is 0. The highest BCUT2D eigenvalue weighted by atomic mass is 16.3. The van der Waals surface area contributed by atoms with Crippen LogP contribution in [0.4, 0.5) is 0 Å². The van der Waals surface area contributed by atoms with E-state index in [1.807, 2.05) is 0 Å². The van der Waals surface area contributed by atoms with Crippen LogP contribution >= 0.6 is 0 Å². The van der Waals surface area contributed by atoms with Crippen molar-refractivity contribution in [3.63, 3.8) is 0 Å². The molecule has 0 aromatic carbocycles. The number of amides is 1. The van der Waals surface area contributed by atoms with Crippen LogP contribution in [0.3, 0.4) is 0 Å². The summed E-state index contributed by atoms with van der Waals surface area (Å²) >= 11 is 0.